The molecule has 0 aliphatic rings. The van der Waals surface area contributed by atoms with E-state index >= 15 is 0 Å². The molecule has 0 bridgehead atoms. The highest BCUT2D eigenvalue weighted by atomic mass is 16.5. The van der Waals surface area contributed by atoms with E-state index in [1.54, 1.807) is 12.1 Å². The smallest absolute Gasteiger partial charge is 0.323 e. The lowest BCUT2D eigenvalue weighted by Gasteiger charge is -2.19. The number of rotatable bonds is 7. The maximum absolute atomic E-state index is 12.1. The van der Waals surface area contributed by atoms with Crippen LogP contribution in [-0.4, -0.2) is 63.7 Å². The van der Waals surface area contributed by atoms with Crippen molar-refractivity contribution in [2.24, 2.45) is 0 Å². The fourth-order valence-corrected chi connectivity index (χ4v) is 1.85. The summed E-state index contributed by atoms with van der Waals surface area (Å²) in [6.07, 6.45) is 0. The molecule has 0 unspecified atom stereocenters. The summed E-state index contributed by atoms with van der Waals surface area (Å²) in [6, 6.07) is 7.25. The highest BCUT2D eigenvalue weighted by Crippen LogP contribution is 2.07. The van der Waals surface area contributed by atoms with Gasteiger partial charge in [0.05, 0.1) is 6.61 Å². The van der Waals surface area contributed by atoms with Gasteiger partial charge in [-0.05, 0) is 12.1 Å². The lowest BCUT2D eigenvalue weighted by atomic mass is 10.3. The van der Waals surface area contributed by atoms with Gasteiger partial charge in [-0.2, -0.15) is 15.0 Å². The number of benzene rings is 1. The number of amides is 1. The second-order valence-electron chi connectivity index (χ2n) is 4.42. The van der Waals surface area contributed by atoms with Gasteiger partial charge in [-0.25, -0.2) is 0 Å². The number of aliphatic carboxylic acids is 1. The van der Waals surface area contributed by atoms with E-state index in [0.29, 0.717) is 11.0 Å². The monoisotopic (exact) mass is 292 g/mol. The zero-order valence-corrected chi connectivity index (χ0v) is 11.6. The number of carboxylic acids is 1. The van der Waals surface area contributed by atoms with E-state index in [4.69, 9.17) is 9.84 Å². The SMILES string of the molecule is COCCN(CC(=O)O)C(=O)Cn1nc2ccccc2n1. The Hall–Kier alpha value is -2.48. The number of carboxylic acid groups (broad SMARTS) is 1. The van der Waals surface area contributed by atoms with Crippen LogP contribution >= 0.6 is 0 Å². The molecular formula is C13H16N4O4. The third-order valence-electron chi connectivity index (χ3n) is 2.85. The molecule has 1 aromatic carbocycles. The molecule has 0 aliphatic carbocycles. The van der Waals surface area contributed by atoms with Gasteiger partial charge < -0.3 is 14.7 Å². The zero-order chi connectivity index (χ0) is 15.2. The molecule has 1 N–H and O–H groups in total. The van der Waals surface area contributed by atoms with Gasteiger partial charge >= 0.3 is 5.97 Å². The molecule has 0 saturated heterocycles. The first kappa shape index (κ1) is 14.9. The first-order chi connectivity index (χ1) is 10.1. The van der Waals surface area contributed by atoms with E-state index in [0.717, 1.165) is 0 Å². The fraction of sp³-hybridized carbons (Fsp3) is 0.385. The predicted octanol–water partition coefficient (Wildman–Crippen LogP) is -0.00910. The van der Waals surface area contributed by atoms with Crippen LogP contribution in [0.4, 0.5) is 0 Å². The molecule has 0 saturated carbocycles. The molecule has 8 heteroatoms. The second-order valence-corrected chi connectivity index (χ2v) is 4.42. The Morgan fingerprint density at radius 3 is 2.43 bits per heavy atom. The van der Waals surface area contributed by atoms with Crippen LogP contribution in [0.1, 0.15) is 0 Å². The highest BCUT2D eigenvalue weighted by molar-refractivity contribution is 5.81. The molecule has 0 radical (unpaired) electrons. The number of carbonyl (C=O) groups is 2. The van der Waals surface area contributed by atoms with Crippen LogP contribution < -0.4 is 0 Å². The Balaban J connectivity index is 2.07. The molecule has 8 nitrogen and oxygen atoms in total. The van der Waals surface area contributed by atoms with E-state index in [1.165, 1.54) is 16.8 Å². The summed E-state index contributed by atoms with van der Waals surface area (Å²) in [7, 11) is 1.49. The van der Waals surface area contributed by atoms with Crippen LogP contribution in [0, 0.1) is 0 Å². The van der Waals surface area contributed by atoms with E-state index in [-0.39, 0.29) is 32.1 Å². The van der Waals surface area contributed by atoms with Crippen molar-refractivity contribution in [1.29, 1.82) is 0 Å². The molecule has 1 heterocycles. The average molecular weight is 292 g/mol. The number of aromatic nitrogens is 3. The van der Waals surface area contributed by atoms with Crippen molar-refractivity contribution in [3.63, 3.8) is 0 Å². The molecule has 1 amide bonds. The molecule has 0 spiro atoms. The Labute approximate surface area is 120 Å². The van der Waals surface area contributed by atoms with Crippen molar-refractivity contribution in [3.05, 3.63) is 24.3 Å². The van der Waals surface area contributed by atoms with Crippen molar-refractivity contribution >= 4 is 22.9 Å². The molecule has 21 heavy (non-hydrogen) atoms. The third kappa shape index (κ3) is 3.99. The quantitative estimate of drug-likeness (QED) is 0.771. The molecule has 2 rings (SSSR count). The number of methoxy groups -OCH3 is 1. The minimum absolute atomic E-state index is 0.105. The van der Waals surface area contributed by atoms with Crippen LogP contribution in [0.5, 0.6) is 0 Å². The van der Waals surface area contributed by atoms with Gasteiger partial charge in [0.25, 0.3) is 0 Å². The summed E-state index contributed by atoms with van der Waals surface area (Å²) in [6.45, 7) is 0.00457. The lowest BCUT2D eigenvalue weighted by Crippen LogP contribution is -2.40. The highest BCUT2D eigenvalue weighted by Gasteiger charge is 2.18. The van der Waals surface area contributed by atoms with E-state index in [2.05, 4.69) is 10.2 Å². The molecule has 0 aliphatic heterocycles. The zero-order valence-electron chi connectivity index (χ0n) is 11.6. The average Bonchev–Trinajstić information content (AvgIpc) is 2.85. The fourth-order valence-electron chi connectivity index (χ4n) is 1.85. The number of hydrogen-bond donors (Lipinski definition) is 1. The van der Waals surface area contributed by atoms with Gasteiger partial charge in [0.2, 0.25) is 5.91 Å². The minimum atomic E-state index is -1.07. The summed E-state index contributed by atoms with van der Waals surface area (Å²) in [4.78, 5) is 25.4. The Morgan fingerprint density at radius 2 is 1.90 bits per heavy atom. The summed E-state index contributed by atoms with van der Waals surface area (Å²) in [5, 5.41) is 17.2. The number of nitrogens with zero attached hydrogens (tertiary/aromatic N) is 4. The van der Waals surface area contributed by atoms with Crippen LogP contribution in [0.3, 0.4) is 0 Å². The Bertz CT molecular complexity index is 607. The summed E-state index contributed by atoms with van der Waals surface area (Å²) < 4.78 is 4.88. The third-order valence-corrected chi connectivity index (χ3v) is 2.85. The number of fused-ring (bicyclic) bond motifs is 1. The minimum Gasteiger partial charge on any atom is -0.480 e. The van der Waals surface area contributed by atoms with Crippen molar-refractivity contribution in [2.75, 3.05) is 26.8 Å². The van der Waals surface area contributed by atoms with Crippen molar-refractivity contribution in [3.8, 4) is 0 Å². The number of hydrogen-bond acceptors (Lipinski definition) is 5. The number of ether oxygens (including phenoxy) is 1. The summed E-state index contributed by atoms with van der Waals surface area (Å²) in [5.74, 6) is -1.44. The van der Waals surface area contributed by atoms with Crippen LogP contribution in [0.2, 0.25) is 0 Å². The van der Waals surface area contributed by atoms with Crippen LogP contribution in [-0.2, 0) is 20.9 Å². The van der Waals surface area contributed by atoms with E-state index in [1.807, 2.05) is 12.1 Å². The molecule has 112 valence electrons. The van der Waals surface area contributed by atoms with Gasteiger partial charge in [0.15, 0.2) is 0 Å². The molecular weight excluding hydrogens is 276 g/mol. The first-order valence-electron chi connectivity index (χ1n) is 6.38. The molecule has 2 aromatic rings. The van der Waals surface area contributed by atoms with Crippen LogP contribution in [0.25, 0.3) is 11.0 Å². The Morgan fingerprint density at radius 1 is 1.29 bits per heavy atom. The maximum atomic E-state index is 12.1. The van der Waals surface area contributed by atoms with Crippen molar-refractivity contribution in [2.45, 2.75) is 6.54 Å². The van der Waals surface area contributed by atoms with Gasteiger partial charge in [-0.15, -0.1) is 0 Å². The molecule has 0 fully saturated rings. The van der Waals surface area contributed by atoms with Gasteiger partial charge in [0, 0.05) is 13.7 Å². The maximum Gasteiger partial charge on any atom is 0.323 e. The predicted molar refractivity (Wildman–Crippen MR) is 73.6 cm³/mol. The summed E-state index contributed by atoms with van der Waals surface area (Å²) in [5.41, 5.74) is 1.37. The Kier molecular flexibility index (Phi) is 4.83. The van der Waals surface area contributed by atoms with E-state index < -0.39 is 5.97 Å². The van der Waals surface area contributed by atoms with E-state index in [9.17, 15) is 9.59 Å². The summed E-state index contributed by atoms with van der Waals surface area (Å²) >= 11 is 0. The van der Waals surface area contributed by atoms with Crippen molar-refractivity contribution < 1.29 is 19.4 Å². The topological polar surface area (TPSA) is 97.6 Å². The van der Waals surface area contributed by atoms with Gasteiger partial charge in [-0.1, -0.05) is 12.1 Å². The largest absolute Gasteiger partial charge is 0.480 e. The molecule has 1 aromatic heterocycles. The van der Waals surface area contributed by atoms with Gasteiger partial charge in [-0.3, -0.25) is 9.59 Å². The lowest BCUT2D eigenvalue weighted by molar-refractivity contribution is -0.145. The second kappa shape index (κ2) is 6.80. The molecule has 0 atom stereocenters. The van der Waals surface area contributed by atoms with Gasteiger partial charge in [0.1, 0.15) is 24.1 Å². The van der Waals surface area contributed by atoms with Crippen molar-refractivity contribution in [1.82, 2.24) is 19.9 Å². The standard InChI is InChI=1S/C13H16N4O4/c1-21-7-6-16(9-13(19)20)12(18)8-17-14-10-4-2-3-5-11(10)15-17/h2-5H,6-9H2,1H3,(H,19,20). The number of carbonyl (C=O) groups excluding carboxylic acids is 1. The first-order valence-corrected chi connectivity index (χ1v) is 6.38. The normalized spacial score (nSPS) is 10.7. The van der Waals surface area contributed by atoms with Crippen LogP contribution in [0.15, 0.2) is 24.3 Å².